The van der Waals surface area contributed by atoms with Crippen LogP contribution in [0.15, 0.2) is 10.9 Å². The van der Waals surface area contributed by atoms with E-state index in [0.29, 0.717) is 12.4 Å². The zero-order chi connectivity index (χ0) is 12.1. The second-order valence-corrected chi connectivity index (χ2v) is 4.02. The Balaban J connectivity index is 1.69. The van der Waals surface area contributed by atoms with Crippen LogP contribution >= 0.6 is 0 Å². The van der Waals surface area contributed by atoms with Crippen molar-refractivity contribution in [3.05, 3.63) is 12.2 Å². The summed E-state index contributed by atoms with van der Waals surface area (Å²) in [5.41, 5.74) is 0. The maximum atomic E-state index is 10.4. The second-order valence-electron chi connectivity index (χ2n) is 4.02. The van der Waals surface area contributed by atoms with Gasteiger partial charge in [-0.1, -0.05) is 5.16 Å². The Kier molecular flexibility index (Phi) is 4.05. The molecule has 1 aromatic heterocycles. The molecule has 7 nitrogen and oxygen atoms in total. The molecule has 1 aliphatic heterocycles. The Morgan fingerprint density at radius 2 is 2.35 bits per heavy atom. The van der Waals surface area contributed by atoms with Crippen LogP contribution in [-0.4, -0.2) is 51.9 Å². The molecule has 1 N–H and O–H groups in total. The predicted octanol–water partition coefficient (Wildman–Crippen LogP) is 0.135. The molecule has 0 saturated carbocycles. The topological polar surface area (TPSA) is 88.7 Å². The molecule has 2 rings (SSSR count). The van der Waals surface area contributed by atoms with E-state index in [1.165, 1.54) is 6.33 Å². The van der Waals surface area contributed by atoms with E-state index >= 15 is 0 Å². The van der Waals surface area contributed by atoms with Gasteiger partial charge < -0.3 is 14.4 Å². The fourth-order valence-electron chi connectivity index (χ4n) is 1.88. The van der Waals surface area contributed by atoms with Crippen LogP contribution in [0.5, 0.6) is 0 Å². The summed E-state index contributed by atoms with van der Waals surface area (Å²) in [5.74, 6) is -0.312. The van der Waals surface area contributed by atoms with Crippen molar-refractivity contribution < 1.29 is 19.2 Å². The van der Waals surface area contributed by atoms with Crippen molar-refractivity contribution in [3.8, 4) is 0 Å². The highest BCUT2D eigenvalue weighted by Crippen LogP contribution is 2.15. The first-order valence-corrected chi connectivity index (χ1v) is 5.55. The fourth-order valence-corrected chi connectivity index (χ4v) is 1.88. The number of nitrogens with zero attached hydrogens (tertiary/aromatic N) is 3. The van der Waals surface area contributed by atoms with Gasteiger partial charge in [0.05, 0.1) is 12.6 Å². The molecule has 1 aromatic rings. The van der Waals surface area contributed by atoms with Gasteiger partial charge >= 0.3 is 5.97 Å². The van der Waals surface area contributed by atoms with Crippen molar-refractivity contribution in [2.75, 3.05) is 19.7 Å². The summed E-state index contributed by atoms with van der Waals surface area (Å²) in [6, 6.07) is 0. The molecule has 0 amide bonds. The minimum absolute atomic E-state index is 0.0463. The Morgan fingerprint density at radius 1 is 1.59 bits per heavy atom. The predicted molar refractivity (Wildman–Crippen MR) is 56.2 cm³/mol. The summed E-state index contributed by atoms with van der Waals surface area (Å²) in [7, 11) is 0. The first-order valence-electron chi connectivity index (χ1n) is 5.55. The number of carboxylic acid groups (broad SMARTS) is 1. The van der Waals surface area contributed by atoms with E-state index in [2.05, 4.69) is 15.0 Å². The van der Waals surface area contributed by atoms with E-state index in [4.69, 9.17) is 14.4 Å². The summed E-state index contributed by atoms with van der Waals surface area (Å²) >= 11 is 0. The zero-order valence-corrected chi connectivity index (χ0v) is 9.41. The molecule has 17 heavy (non-hydrogen) atoms. The van der Waals surface area contributed by atoms with Crippen LogP contribution in [0.2, 0.25) is 0 Å². The highest BCUT2D eigenvalue weighted by Gasteiger charge is 2.21. The monoisotopic (exact) mass is 241 g/mol. The third-order valence-electron chi connectivity index (χ3n) is 2.74. The molecule has 1 fully saturated rings. The minimum atomic E-state index is -0.918. The molecule has 0 aliphatic carbocycles. The molecule has 0 bridgehead atoms. The number of hydrogen-bond donors (Lipinski definition) is 1. The quantitative estimate of drug-likeness (QED) is 0.784. The summed E-state index contributed by atoms with van der Waals surface area (Å²) in [6.07, 6.45) is 3.10. The lowest BCUT2D eigenvalue weighted by molar-refractivity contribution is -0.145. The summed E-state index contributed by atoms with van der Waals surface area (Å²) in [6.45, 7) is 2.14. The molecular weight excluding hydrogens is 226 g/mol. The SMILES string of the molecule is O=C(O)COC1CCN(Cc2ncno2)CC1. The average molecular weight is 241 g/mol. The van der Waals surface area contributed by atoms with Crippen LogP contribution in [-0.2, 0) is 16.1 Å². The first-order chi connectivity index (χ1) is 8.24. The van der Waals surface area contributed by atoms with Crippen molar-refractivity contribution in [1.82, 2.24) is 15.0 Å². The van der Waals surface area contributed by atoms with E-state index in [9.17, 15) is 4.79 Å². The van der Waals surface area contributed by atoms with Gasteiger partial charge in [0.25, 0.3) is 0 Å². The van der Waals surface area contributed by atoms with Crippen molar-refractivity contribution in [2.24, 2.45) is 0 Å². The number of carboxylic acids is 1. The van der Waals surface area contributed by atoms with E-state index in [0.717, 1.165) is 25.9 Å². The molecule has 0 aromatic carbocycles. The number of hydrogen-bond acceptors (Lipinski definition) is 6. The molecule has 7 heteroatoms. The molecule has 0 atom stereocenters. The van der Waals surface area contributed by atoms with Crippen molar-refractivity contribution in [3.63, 3.8) is 0 Å². The second kappa shape index (κ2) is 5.74. The summed E-state index contributed by atoms with van der Waals surface area (Å²) in [5, 5.41) is 12.1. The van der Waals surface area contributed by atoms with Gasteiger partial charge in [-0.05, 0) is 12.8 Å². The summed E-state index contributed by atoms with van der Waals surface area (Å²) < 4.78 is 10.2. The van der Waals surface area contributed by atoms with Gasteiger partial charge in [-0.2, -0.15) is 4.98 Å². The van der Waals surface area contributed by atoms with Crippen LogP contribution in [0, 0.1) is 0 Å². The molecule has 2 heterocycles. The number of piperidine rings is 1. The van der Waals surface area contributed by atoms with Gasteiger partial charge in [0.15, 0.2) is 6.33 Å². The maximum Gasteiger partial charge on any atom is 0.329 e. The molecule has 0 unspecified atom stereocenters. The van der Waals surface area contributed by atoms with Crippen molar-refractivity contribution >= 4 is 5.97 Å². The molecule has 1 saturated heterocycles. The number of likely N-dealkylation sites (tertiary alicyclic amines) is 1. The Morgan fingerprint density at radius 3 is 2.94 bits per heavy atom. The normalized spacial score (nSPS) is 18.4. The zero-order valence-electron chi connectivity index (χ0n) is 9.41. The number of ether oxygens (including phenoxy) is 1. The Hall–Kier alpha value is -1.47. The van der Waals surface area contributed by atoms with E-state index < -0.39 is 5.97 Å². The highest BCUT2D eigenvalue weighted by atomic mass is 16.5. The van der Waals surface area contributed by atoms with Crippen molar-refractivity contribution in [2.45, 2.75) is 25.5 Å². The molecule has 94 valence electrons. The van der Waals surface area contributed by atoms with Gasteiger partial charge in [-0.15, -0.1) is 0 Å². The maximum absolute atomic E-state index is 10.4. The van der Waals surface area contributed by atoms with Gasteiger partial charge in [0.2, 0.25) is 5.89 Å². The van der Waals surface area contributed by atoms with Gasteiger partial charge in [-0.3, -0.25) is 4.90 Å². The lowest BCUT2D eigenvalue weighted by Gasteiger charge is -2.30. The smallest absolute Gasteiger partial charge is 0.329 e. The Bertz CT molecular complexity index is 346. The van der Waals surface area contributed by atoms with Crippen LogP contribution in [0.3, 0.4) is 0 Å². The number of aromatic nitrogens is 2. The minimum Gasteiger partial charge on any atom is -0.480 e. The van der Waals surface area contributed by atoms with Crippen LogP contribution < -0.4 is 0 Å². The molecule has 0 spiro atoms. The lowest BCUT2D eigenvalue weighted by Crippen LogP contribution is -2.37. The number of carbonyl (C=O) groups is 1. The fraction of sp³-hybridized carbons (Fsp3) is 0.700. The van der Waals surface area contributed by atoms with Gasteiger partial charge in [0, 0.05) is 13.1 Å². The van der Waals surface area contributed by atoms with E-state index in [1.807, 2.05) is 0 Å². The Labute approximate surface area is 98.4 Å². The van der Waals surface area contributed by atoms with E-state index in [1.54, 1.807) is 0 Å². The highest BCUT2D eigenvalue weighted by molar-refractivity contribution is 5.68. The summed E-state index contributed by atoms with van der Waals surface area (Å²) in [4.78, 5) is 16.5. The molecular formula is C10H15N3O4. The first kappa shape index (κ1) is 12.0. The van der Waals surface area contributed by atoms with Crippen LogP contribution in [0.4, 0.5) is 0 Å². The number of rotatable bonds is 5. The molecule has 0 radical (unpaired) electrons. The van der Waals surface area contributed by atoms with Crippen LogP contribution in [0.1, 0.15) is 18.7 Å². The molecule has 1 aliphatic rings. The van der Waals surface area contributed by atoms with Gasteiger partial charge in [-0.25, -0.2) is 4.79 Å². The third kappa shape index (κ3) is 3.79. The largest absolute Gasteiger partial charge is 0.480 e. The number of aliphatic carboxylic acids is 1. The van der Waals surface area contributed by atoms with Gasteiger partial charge in [0.1, 0.15) is 6.61 Å². The van der Waals surface area contributed by atoms with Crippen LogP contribution in [0.25, 0.3) is 0 Å². The standard InChI is InChI=1S/C10H15N3O4/c14-10(15)6-16-8-1-3-13(4-2-8)5-9-11-7-12-17-9/h7-8H,1-6H2,(H,14,15). The van der Waals surface area contributed by atoms with Crippen molar-refractivity contribution in [1.29, 1.82) is 0 Å². The average Bonchev–Trinajstić information content (AvgIpc) is 2.81. The third-order valence-corrected chi connectivity index (χ3v) is 2.74. The van der Waals surface area contributed by atoms with E-state index in [-0.39, 0.29) is 12.7 Å². The lowest BCUT2D eigenvalue weighted by atomic mass is 10.1.